The third kappa shape index (κ3) is 5.68. The lowest BCUT2D eigenvalue weighted by Gasteiger charge is -2.32. The smallest absolute Gasteiger partial charge is 0.426 e. The number of nitrogens with zero attached hydrogens (tertiary/aromatic N) is 1. The van der Waals surface area contributed by atoms with E-state index in [-0.39, 0.29) is 36.4 Å². The maximum atomic E-state index is 12.4. The van der Waals surface area contributed by atoms with Gasteiger partial charge >= 0.3 is 7.12 Å². The summed E-state index contributed by atoms with van der Waals surface area (Å²) in [4.78, 5) is 26.3. The molecular formula is C19H34BN3O4. The standard InChI is InChI=1S/C19H34BN3O4/c24-18(23-12-4-7-17(23)20(26)27)13-21-15-8-10-16(11-9-15)22-19(25)14-5-2-1-3-6-14/h14-17,21,26-27H,1-13H2,(H,22,25). The van der Waals surface area contributed by atoms with E-state index in [9.17, 15) is 19.6 Å². The minimum atomic E-state index is -1.46. The molecule has 2 saturated carbocycles. The van der Waals surface area contributed by atoms with Crippen molar-refractivity contribution in [2.75, 3.05) is 13.1 Å². The Morgan fingerprint density at radius 1 is 0.889 bits per heavy atom. The molecule has 7 nitrogen and oxygen atoms in total. The van der Waals surface area contributed by atoms with Crippen molar-refractivity contribution in [3.05, 3.63) is 0 Å². The van der Waals surface area contributed by atoms with Crippen molar-refractivity contribution in [2.24, 2.45) is 5.92 Å². The van der Waals surface area contributed by atoms with E-state index in [1.807, 2.05) is 0 Å². The minimum Gasteiger partial charge on any atom is -0.426 e. The lowest BCUT2D eigenvalue weighted by molar-refractivity contribution is -0.130. The zero-order valence-electron chi connectivity index (χ0n) is 16.2. The van der Waals surface area contributed by atoms with Crippen molar-refractivity contribution in [3.63, 3.8) is 0 Å². The zero-order valence-corrected chi connectivity index (χ0v) is 16.2. The molecule has 0 bridgehead atoms. The molecule has 1 unspecified atom stereocenters. The highest BCUT2D eigenvalue weighted by molar-refractivity contribution is 6.43. The van der Waals surface area contributed by atoms with Gasteiger partial charge in [0, 0.05) is 24.5 Å². The summed E-state index contributed by atoms with van der Waals surface area (Å²) in [6.45, 7) is 0.843. The molecule has 2 amide bonds. The summed E-state index contributed by atoms with van der Waals surface area (Å²) in [5.74, 6) is -0.0743. The molecule has 3 rings (SSSR count). The predicted molar refractivity (Wildman–Crippen MR) is 104 cm³/mol. The number of amides is 2. The number of carbonyl (C=O) groups is 2. The molecule has 152 valence electrons. The number of rotatable bonds is 6. The zero-order chi connectivity index (χ0) is 19.2. The van der Waals surface area contributed by atoms with Gasteiger partial charge in [0.15, 0.2) is 0 Å². The predicted octanol–water partition coefficient (Wildman–Crippen LogP) is 0.587. The van der Waals surface area contributed by atoms with Crippen LogP contribution in [-0.4, -0.2) is 65.0 Å². The Kier molecular flexibility index (Phi) is 7.55. The monoisotopic (exact) mass is 379 g/mol. The van der Waals surface area contributed by atoms with Gasteiger partial charge in [-0.1, -0.05) is 19.3 Å². The van der Waals surface area contributed by atoms with Crippen molar-refractivity contribution in [3.8, 4) is 0 Å². The van der Waals surface area contributed by atoms with E-state index < -0.39 is 13.1 Å². The molecule has 2 aliphatic carbocycles. The van der Waals surface area contributed by atoms with E-state index in [4.69, 9.17) is 0 Å². The van der Waals surface area contributed by atoms with Crippen LogP contribution in [0.4, 0.5) is 0 Å². The van der Waals surface area contributed by atoms with Gasteiger partial charge < -0.3 is 25.6 Å². The Balaban J connectivity index is 1.34. The minimum absolute atomic E-state index is 0.0571. The normalized spacial score (nSPS) is 29.6. The SMILES string of the molecule is O=C(NC1CCC(NCC(=O)N2CCCC2B(O)O)CC1)C1CCCCC1. The van der Waals surface area contributed by atoms with Crippen LogP contribution in [0.25, 0.3) is 0 Å². The number of hydrogen-bond donors (Lipinski definition) is 4. The molecule has 1 aliphatic heterocycles. The van der Waals surface area contributed by atoms with Crippen molar-refractivity contribution >= 4 is 18.9 Å². The molecule has 4 N–H and O–H groups in total. The van der Waals surface area contributed by atoms with Crippen LogP contribution in [0, 0.1) is 5.92 Å². The fourth-order valence-electron chi connectivity index (χ4n) is 4.87. The Hall–Kier alpha value is -1.12. The van der Waals surface area contributed by atoms with Crippen molar-refractivity contribution < 1.29 is 19.6 Å². The fraction of sp³-hybridized carbons (Fsp3) is 0.895. The molecule has 1 saturated heterocycles. The second kappa shape index (κ2) is 9.89. The number of carbonyl (C=O) groups excluding carboxylic acids is 2. The second-order valence-corrected chi connectivity index (χ2v) is 8.48. The first-order chi connectivity index (χ1) is 13.0. The van der Waals surface area contributed by atoms with Gasteiger partial charge in [0.05, 0.1) is 12.5 Å². The first-order valence-corrected chi connectivity index (χ1v) is 10.7. The molecule has 8 heteroatoms. The van der Waals surface area contributed by atoms with E-state index in [0.717, 1.165) is 44.9 Å². The highest BCUT2D eigenvalue weighted by atomic mass is 16.4. The van der Waals surface area contributed by atoms with E-state index in [1.165, 1.54) is 19.3 Å². The second-order valence-electron chi connectivity index (χ2n) is 8.48. The molecule has 0 aromatic rings. The summed E-state index contributed by atoms with van der Waals surface area (Å²) in [5, 5.41) is 25.3. The van der Waals surface area contributed by atoms with Gasteiger partial charge in [0.1, 0.15) is 0 Å². The number of likely N-dealkylation sites (tertiary alicyclic amines) is 1. The van der Waals surface area contributed by atoms with Gasteiger partial charge in [0.25, 0.3) is 0 Å². The van der Waals surface area contributed by atoms with E-state index in [2.05, 4.69) is 10.6 Å². The molecule has 3 aliphatic rings. The van der Waals surface area contributed by atoms with E-state index in [1.54, 1.807) is 4.90 Å². The molecular weight excluding hydrogens is 345 g/mol. The highest BCUT2D eigenvalue weighted by Crippen LogP contribution is 2.25. The Bertz CT molecular complexity index is 505. The summed E-state index contributed by atoms with van der Waals surface area (Å²) in [6.07, 6.45) is 10.9. The Morgan fingerprint density at radius 2 is 1.56 bits per heavy atom. The molecule has 0 radical (unpaired) electrons. The van der Waals surface area contributed by atoms with Gasteiger partial charge in [-0.15, -0.1) is 0 Å². The van der Waals surface area contributed by atoms with Crippen LogP contribution in [0.5, 0.6) is 0 Å². The maximum absolute atomic E-state index is 12.4. The van der Waals surface area contributed by atoms with Crippen LogP contribution in [0.15, 0.2) is 0 Å². The van der Waals surface area contributed by atoms with E-state index in [0.29, 0.717) is 13.0 Å². The average Bonchev–Trinajstić information content (AvgIpc) is 3.18. The lowest BCUT2D eigenvalue weighted by Crippen LogP contribution is -2.50. The summed E-state index contributed by atoms with van der Waals surface area (Å²) < 4.78 is 0. The Morgan fingerprint density at radius 3 is 2.22 bits per heavy atom. The van der Waals surface area contributed by atoms with Gasteiger partial charge in [-0.2, -0.15) is 0 Å². The maximum Gasteiger partial charge on any atom is 0.475 e. The lowest BCUT2D eigenvalue weighted by atomic mass is 9.78. The molecule has 0 spiro atoms. The average molecular weight is 379 g/mol. The third-order valence-corrected chi connectivity index (χ3v) is 6.56. The van der Waals surface area contributed by atoms with Crippen LogP contribution in [0.1, 0.15) is 70.6 Å². The molecule has 1 heterocycles. The van der Waals surface area contributed by atoms with Crippen LogP contribution in [0.2, 0.25) is 0 Å². The largest absolute Gasteiger partial charge is 0.475 e. The Labute approximate surface area is 162 Å². The van der Waals surface area contributed by atoms with Crippen LogP contribution in [-0.2, 0) is 9.59 Å². The van der Waals surface area contributed by atoms with Gasteiger partial charge in [0.2, 0.25) is 11.8 Å². The first kappa shape index (κ1) is 20.6. The van der Waals surface area contributed by atoms with Crippen molar-refractivity contribution in [2.45, 2.75) is 88.7 Å². The summed E-state index contributed by atoms with van der Waals surface area (Å²) in [6, 6.07) is 0.553. The molecule has 1 atom stereocenters. The van der Waals surface area contributed by atoms with Crippen molar-refractivity contribution in [1.82, 2.24) is 15.5 Å². The fourth-order valence-corrected chi connectivity index (χ4v) is 4.87. The van der Waals surface area contributed by atoms with E-state index >= 15 is 0 Å². The topological polar surface area (TPSA) is 102 Å². The van der Waals surface area contributed by atoms with Gasteiger partial charge in [-0.25, -0.2) is 0 Å². The molecule has 3 fully saturated rings. The summed E-state index contributed by atoms with van der Waals surface area (Å²) >= 11 is 0. The van der Waals surface area contributed by atoms with Crippen LogP contribution >= 0.6 is 0 Å². The first-order valence-electron chi connectivity index (χ1n) is 10.7. The highest BCUT2D eigenvalue weighted by Gasteiger charge is 2.36. The number of hydrogen-bond acceptors (Lipinski definition) is 5. The molecule has 27 heavy (non-hydrogen) atoms. The van der Waals surface area contributed by atoms with Crippen molar-refractivity contribution in [1.29, 1.82) is 0 Å². The number of nitrogens with one attached hydrogen (secondary N) is 2. The molecule has 0 aromatic heterocycles. The quantitative estimate of drug-likeness (QED) is 0.506. The third-order valence-electron chi connectivity index (χ3n) is 6.56. The van der Waals surface area contributed by atoms with Crippen LogP contribution < -0.4 is 10.6 Å². The summed E-state index contributed by atoms with van der Waals surface area (Å²) in [7, 11) is -1.46. The molecule has 0 aromatic carbocycles. The van der Waals surface area contributed by atoms with Gasteiger partial charge in [-0.05, 0) is 51.4 Å². The van der Waals surface area contributed by atoms with Crippen LogP contribution in [0.3, 0.4) is 0 Å². The summed E-state index contributed by atoms with van der Waals surface area (Å²) in [5.41, 5.74) is 0. The van der Waals surface area contributed by atoms with Gasteiger partial charge in [-0.3, -0.25) is 9.59 Å².